The Kier molecular flexibility index (Phi) is 3.02. The van der Waals surface area contributed by atoms with Gasteiger partial charge < -0.3 is 0 Å². The van der Waals surface area contributed by atoms with Gasteiger partial charge >= 0.3 is 0 Å². The molecule has 102 valence electrons. The van der Waals surface area contributed by atoms with Crippen LogP contribution in [0.1, 0.15) is 5.69 Å². The molecule has 0 aliphatic heterocycles. The Bertz CT molecular complexity index is 868. The molecule has 0 saturated heterocycles. The Morgan fingerprint density at radius 2 is 1.95 bits per heavy atom. The molecule has 3 aromatic heterocycles. The van der Waals surface area contributed by atoms with Gasteiger partial charge in [0.05, 0.1) is 0 Å². The normalized spacial score (nSPS) is 11.9. The van der Waals surface area contributed by atoms with Crippen molar-refractivity contribution in [1.29, 1.82) is 0 Å². The third-order valence-electron chi connectivity index (χ3n) is 2.84. The zero-order chi connectivity index (χ0) is 14.3. The maximum atomic E-state index is 11.5. The summed E-state index contributed by atoms with van der Waals surface area (Å²) in [5.74, 6) is 0. The molecule has 0 N–H and O–H groups in total. The van der Waals surface area contributed by atoms with Crippen molar-refractivity contribution in [2.45, 2.75) is 11.9 Å². The highest BCUT2D eigenvalue weighted by Gasteiger charge is 2.14. The Morgan fingerprint density at radius 1 is 1.15 bits per heavy atom. The average Bonchev–Trinajstić information content (AvgIpc) is 2.80. The number of rotatable bonds is 2. The molecule has 3 aromatic rings. The highest BCUT2D eigenvalue weighted by atomic mass is 32.2. The van der Waals surface area contributed by atoms with Crippen LogP contribution in [0.2, 0.25) is 0 Å². The molecule has 0 fully saturated rings. The largest absolute Gasteiger partial charge is 0.244 e. The molecule has 3 heterocycles. The zero-order valence-electron chi connectivity index (χ0n) is 10.9. The minimum Gasteiger partial charge on any atom is -0.244 e. The Morgan fingerprint density at radius 3 is 2.60 bits per heavy atom. The van der Waals surface area contributed by atoms with Crippen molar-refractivity contribution >= 4 is 31.5 Å². The number of fused-ring (bicyclic) bond motifs is 1. The molecule has 5 nitrogen and oxygen atoms in total. The molecule has 0 amide bonds. The topological polar surface area (TPSA) is 72.8 Å². The molecule has 0 aromatic carbocycles. The Hall–Kier alpha value is -1.86. The zero-order valence-corrected chi connectivity index (χ0v) is 12.5. The van der Waals surface area contributed by atoms with E-state index >= 15 is 0 Å². The van der Waals surface area contributed by atoms with E-state index in [1.54, 1.807) is 19.2 Å². The van der Waals surface area contributed by atoms with E-state index < -0.39 is 9.84 Å². The van der Waals surface area contributed by atoms with Crippen molar-refractivity contribution < 1.29 is 8.42 Å². The summed E-state index contributed by atoms with van der Waals surface area (Å²) in [6, 6.07) is 6.99. The third kappa shape index (κ3) is 2.30. The van der Waals surface area contributed by atoms with Gasteiger partial charge in [-0.05, 0) is 31.2 Å². The number of nitrogens with zero attached hydrogens (tertiary/aromatic N) is 3. The molecule has 0 aliphatic carbocycles. The summed E-state index contributed by atoms with van der Waals surface area (Å²) in [7, 11) is -3.29. The van der Waals surface area contributed by atoms with Crippen molar-refractivity contribution in [2.75, 3.05) is 6.26 Å². The van der Waals surface area contributed by atoms with Crippen LogP contribution < -0.4 is 0 Å². The summed E-state index contributed by atoms with van der Waals surface area (Å²) >= 11 is 1.47. The highest BCUT2D eigenvalue weighted by molar-refractivity contribution is 7.90. The molecule has 0 saturated carbocycles. The average molecular weight is 305 g/mol. The minimum absolute atomic E-state index is 0.0815. The molecule has 0 aliphatic rings. The van der Waals surface area contributed by atoms with Crippen LogP contribution >= 0.6 is 11.3 Å². The number of hydrogen-bond donors (Lipinski definition) is 0. The predicted octanol–water partition coefficient (Wildman–Crippen LogP) is 2.47. The van der Waals surface area contributed by atoms with Crippen LogP contribution in [-0.4, -0.2) is 29.6 Å². The Labute approximate surface area is 120 Å². The fourth-order valence-electron chi connectivity index (χ4n) is 1.86. The second-order valence-electron chi connectivity index (χ2n) is 4.40. The fourth-order valence-corrected chi connectivity index (χ4v) is 3.46. The van der Waals surface area contributed by atoms with Gasteiger partial charge in [0, 0.05) is 23.7 Å². The predicted molar refractivity (Wildman–Crippen MR) is 78.5 cm³/mol. The monoisotopic (exact) mass is 305 g/mol. The van der Waals surface area contributed by atoms with Crippen LogP contribution in [0.4, 0.5) is 0 Å². The van der Waals surface area contributed by atoms with E-state index in [0.29, 0.717) is 5.69 Å². The summed E-state index contributed by atoms with van der Waals surface area (Å²) in [5.41, 5.74) is 2.31. The van der Waals surface area contributed by atoms with Gasteiger partial charge in [-0.1, -0.05) is 11.3 Å². The summed E-state index contributed by atoms with van der Waals surface area (Å²) < 4.78 is 23.0. The van der Waals surface area contributed by atoms with Crippen molar-refractivity contribution in [3.8, 4) is 10.6 Å². The maximum absolute atomic E-state index is 11.5. The lowest BCUT2D eigenvalue weighted by atomic mass is 10.2. The van der Waals surface area contributed by atoms with Crippen LogP contribution in [0, 0.1) is 6.92 Å². The maximum Gasteiger partial charge on any atom is 0.192 e. The second kappa shape index (κ2) is 4.60. The minimum atomic E-state index is -3.29. The summed E-state index contributed by atoms with van der Waals surface area (Å²) in [5, 5.41) is 0.877. The van der Waals surface area contributed by atoms with Gasteiger partial charge in [-0.2, -0.15) is 0 Å². The van der Waals surface area contributed by atoms with E-state index in [-0.39, 0.29) is 5.03 Å². The fraction of sp³-hybridized carbons (Fsp3) is 0.154. The molecule has 0 spiro atoms. The van der Waals surface area contributed by atoms with Crippen molar-refractivity contribution in [2.24, 2.45) is 0 Å². The first kappa shape index (κ1) is 13.1. The van der Waals surface area contributed by atoms with Gasteiger partial charge in [0.15, 0.2) is 14.9 Å². The van der Waals surface area contributed by atoms with Crippen molar-refractivity contribution in [3.05, 3.63) is 36.2 Å². The summed E-state index contributed by atoms with van der Waals surface area (Å²) in [4.78, 5) is 13.8. The first-order valence-corrected chi connectivity index (χ1v) is 8.55. The van der Waals surface area contributed by atoms with E-state index in [1.807, 2.05) is 12.1 Å². The molecule has 3 rings (SSSR count). The molecule has 20 heavy (non-hydrogen) atoms. The molecular weight excluding hydrogens is 294 g/mol. The van der Waals surface area contributed by atoms with E-state index in [9.17, 15) is 8.42 Å². The number of hydrogen-bond acceptors (Lipinski definition) is 6. The first-order valence-electron chi connectivity index (χ1n) is 5.85. The van der Waals surface area contributed by atoms with Crippen LogP contribution in [0.15, 0.2) is 35.5 Å². The van der Waals surface area contributed by atoms with Crippen LogP contribution in [0.3, 0.4) is 0 Å². The standard InChI is InChI=1S/C13H11N3O2S2/c1-8-9(5-6-11(15-8)20(2,17)18)12-16-10-4-3-7-14-13(10)19-12/h3-7H,1-2H3. The van der Waals surface area contributed by atoms with Crippen LogP contribution in [-0.2, 0) is 9.84 Å². The lowest BCUT2D eigenvalue weighted by Crippen LogP contribution is -2.02. The molecule has 0 atom stereocenters. The number of aromatic nitrogens is 3. The quantitative estimate of drug-likeness (QED) is 0.727. The van der Waals surface area contributed by atoms with Gasteiger partial charge in [0.2, 0.25) is 0 Å². The van der Waals surface area contributed by atoms with Crippen LogP contribution in [0.5, 0.6) is 0 Å². The van der Waals surface area contributed by atoms with Gasteiger partial charge in [-0.25, -0.2) is 23.4 Å². The van der Waals surface area contributed by atoms with Gasteiger partial charge in [0.1, 0.15) is 15.4 Å². The van der Waals surface area contributed by atoms with Crippen molar-refractivity contribution in [3.63, 3.8) is 0 Å². The summed E-state index contributed by atoms with van der Waals surface area (Å²) in [6.07, 6.45) is 2.87. The molecule has 0 bridgehead atoms. The number of aryl methyl sites for hydroxylation is 1. The molecule has 7 heteroatoms. The number of sulfone groups is 1. The van der Waals surface area contributed by atoms with Crippen LogP contribution in [0.25, 0.3) is 20.9 Å². The highest BCUT2D eigenvalue weighted by Crippen LogP contribution is 2.30. The first-order chi connectivity index (χ1) is 9.45. The van der Waals surface area contributed by atoms with Gasteiger partial charge in [-0.15, -0.1) is 0 Å². The lowest BCUT2D eigenvalue weighted by molar-refractivity contribution is 0.598. The van der Waals surface area contributed by atoms with E-state index in [2.05, 4.69) is 15.0 Å². The number of pyridine rings is 2. The van der Waals surface area contributed by atoms with E-state index in [1.165, 1.54) is 17.4 Å². The van der Waals surface area contributed by atoms with Crippen molar-refractivity contribution in [1.82, 2.24) is 15.0 Å². The van der Waals surface area contributed by atoms with Gasteiger partial charge in [-0.3, -0.25) is 0 Å². The molecular formula is C13H11N3O2S2. The Balaban J connectivity index is 2.15. The number of thiazole rings is 1. The van der Waals surface area contributed by atoms with E-state index in [0.717, 1.165) is 27.2 Å². The smallest absolute Gasteiger partial charge is 0.192 e. The second-order valence-corrected chi connectivity index (χ2v) is 7.34. The molecule has 0 radical (unpaired) electrons. The lowest BCUT2D eigenvalue weighted by Gasteiger charge is -2.03. The van der Waals surface area contributed by atoms with E-state index in [4.69, 9.17) is 0 Å². The summed E-state index contributed by atoms with van der Waals surface area (Å²) in [6.45, 7) is 1.78. The van der Waals surface area contributed by atoms with Gasteiger partial charge in [0.25, 0.3) is 0 Å². The third-order valence-corrected chi connectivity index (χ3v) is 4.84. The molecule has 0 unspecified atom stereocenters. The SMILES string of the molecule is Cc1nc(S(C)(=O)=O)ccc1-c1nc2cccnc2s1.